The van der Waals surface area contributed by atoms with Gasteiger partial charge in [0.15, 0.2) is 0 Å². The van der Waals surface area contributed by atoms with Crippen molar-refractivity contribution in [3.8, 4) is 0 Å². The van der Waals surface area contributed by atoms with E-state index in [1.165, 1.54) is 19.1 Å². The zero-order chi connectivity index (χ0) is 16.3. The van der Waals surface area contributed by atoms with Crippen molar-refractivity contribution >= 4 is 25.8 Å². The fourth-order valence-electron chi connectivity index (χ4n) is 1.57. The predicted octanol–water partition coefficient (Wildman–Crippen LogP) is 0.493. The summed E-state index contributed by atoms with van der Waals surface area (Å²) in [5.74, 6) is -0.755. The van der Waals surface area contributed by atoms with E-state index in [2.05, 4.69) is 0 Å². The van der Waals surface area contributed by atoms with Gasteiger partial charge in [0.2, 0.25) is 10.0 Å². The third-order valence-corrected chi connectivity index (χ3v) is 5.29. The molecule has 11 heteroatoms. The zero-order valence-electron chi connectivity index (χ0n) is 11.0. The van der Waals surface area contributed by atoms with E-state index < -0.39 is 37.4 Å². The Labute approximate surface area is 122 Å². The molecule has 0 bridgehead atoms. The minimum Gasteiger partial charge on any atom is -0.286 e. The number of non-ortho nitro benzene ring substituents is 1. The van der Waals surface area contributed by atoms with E-state index in [-0.39, 0.29) is 17.1 Å². The summed E-state index contributed by atoms with van der Waals surface area (Å²) in [7, 11) is -8.38. The molecule has 0 radical (unpaired) electrons. The van der Waals surface area contributed by atoms with E-state index in [0.717, 1.165) is 16.4 Å². The highest BCUT2D eigenvalue weighted by atomic mass is 32.2. The summed E-state index contributed by atoms with van der Waals surface area (Å²) in [6, 6.07) is 4.44. The van der Waals surface area contributed by atoms with E-state index in [0.29, 0.717) is 0 Å². The van der Waals surface area contributed by atoms with Gasteiger partial charge in [0.05, 0.1) is 15.6 Å². The fraction of sp³-hybridized carbons (Fsp3) is 0.400. The lowest BCUT2D eigenvalue weighted by atomic mass is 10.3. The predicted molar refractivity (Wildman–Crippen MR) is 73.9 cm³/mol. The van der Waals surface area contributed by atoms with Crippen molar-refractivity contribution in [2.75, 3.05) is 18.8 Å². The highest BCUT2D eigenvalue weighted by Gasteiger charge is 2.25. The normalized spacial score (nSPS) is 12.5. The molecule has 0 aliphatic heterocycles. The van der Waals surface area contributed by atoms with Crippen LogP contribution in [0.3, 0.4) is 0 Å². The number of nitro benzene ring substituents is 1. The molecule has 0 atom stereocenters. The number of benzene rings is 1. The van der Waals surface area contributed by atoms with Crippen LogP contribution in [-0.2, 0) is 20.1 Å². The fourth-order valence-corrected chi connectivity index (χ4v) is 3.63. The second-order valence-corrected chi connectivity index (χ2v) is 7.55. The van der Waals surface area contributed by atoms with Gasteiger partial charge in [-0.25, -0.2) is 8.42 Å². The monoisotopic (exact) mass is 338 g/mol. The summed E-state index contributed by atoms with van der Waals surface area (Å²) in [6.45, 7) is 1.000. The summed E-state index contributed by atoms with van der Waals surface area (Å²) in [5, 5.41) is 10.7. The molecule has 0 saturated carbocycles. The molecule has 0 heterocycles. The largest absolute Gasteiger partial charge is 0.286 e. The second-order valence-electron chi connectivity index (χ2n) is 4.04. The smallest absolute Gasteiger partial charge is 0.270 e. The van der Waals surface area contributed by atoms with Crippen LogP contribution in [0, 0.1) is 10.1 Å². The molecular formula is C10H14N2O7S2. The van der Waals surface area contributed by atoms with Gasteiger partial charge in [0, 0.05) is 25.2 Å². The highest BCUT2D eigenvalue weighted by molar-refractivity contribution is 7.89. The van der Waals surface area contributed by atoms with Gasteiger partial charge >= 0.3 is 0 Å². The quantitative estimate of drug-likeness (QED) is 0.434. The minimum absolute atomic E-state index is 0.0411. The third-order valence-electron chi connectivity index (χ3n) is 2.62. The second kappa shape index (κ2) is 6.47. The lowest BCUT2D eigenvalue weighted by Gasteiger charge is -2.19. The Kier molecular flexibility index (Phi) is 5.39. The number of hydrogen-bond acceptors (Lipinski definition) is 6. The Bertz CT molecular complexity index is 728. The maximum Gasteiger partial charge on any atom is 0.270 e. The van der Waals surface area contributed by atoms with Gasteiger partial charge in [-0.1, -0.05) is 13.0 Å². The van der Waals surface area contributed by atoms with Crippen LogP contribution in [-0.4, -0.2) is 49.5 Å². The molecule has 0 unspecified atom stereocenters. The summed E-state index contributed by atoms with van der Waals surface area (Å²) in [4.78, 5) is 9.62. The van der Waals surface area contributed by atoms with E-state index in [9.17, 15) is 26.9 Å². The van der Waals surface area contributed by atoms with Crippen LogP contribution in [0.5, 0.6) is 0 Å². The van der Waals surface area contributed by atoms with Crippen molar-refractivity contribution in [3.05, 3.63) is 34.4 Å². The Morgan fingerprint density at radius 2 is 1.90 bits per heavy atom. The molecule has 0 amide bonds. The summed E-state index contributed by atoms with van der Waals surface area (Å²) < 4.78 is 55.5. The van der Waals surface area contributed by atoms with Crippen molar-refractivity contribution in [2.24, 2.45) is 0 Å². The van der Waals surface area contributed by atoms with E-state index >= 15 is 0 Å². The van der Waals surface area contributed by atoms with Crippen LogP contribution in [0.4, 0.5) is 5.69 Å². The van der Waals surface area contributed by atoms with Crippen LogP contribution in [0.15, 0.2) is 29.2 Å². The Morgan fingerprint density at radius 1 is 1.29 bits per heavy atom. The average molecular weight is 338 g/mol. The lowest BCUT2D eigenvalue weighted by Crippen LogP contribution is -2.35. The number of rotatable bonds is 7. The number of nitrogens with zero attached hydrogens (tertiary/aromatic N) is 2. The van der Waals surface area contributed by atoms with Gasteiger partial charge in [-0.2, -0.15) is 12.7 Å². The van der Waals surface area contributed by atoms with Crippen molar-refractivity contribution in [1.82, 2.24) is 4.31 Å². The number of hydrogen-bond donors (Lipinski definition) is 1. The first-order valence-electron chi connectivity index (χ1n) is 5.77. The molecule has 1 N–H and O–H groups in total. The molecule has 21 heavy (non-hydrogen) atoms. The zero-order valence-corrected chi connectivity index (χ0v) is 12.7. The van der Waals surface area contributed by atoms with Gasteiger partial charge in [0.25, 0.3) is 15.8 Å². The maximum absolute atomic E-state index is 12.3. The minimum atomic E-state index is -4.31. The van der Waals surface area contributed by atoms with Gasteiger partial charge < -0.3 is 0 Å². The summed E-state index contributed by atoms with van der Waals surface area (Å²) in [6.07, 6.45) is 0. The van der Waals surface area contributed by atoms with Crippen molar-refractivity contribution < 1.29 is 26.3 Å². The first kappa shape index (κ1) is 17.5. The lowest BCUT2D eigenvalue weighted by molar-refractivity contribution is -0.385. The van der Waals surface area contributed by atoms with Gasteiger partial charge in [-0.15, -0.1) is 0 Å². The van der Waals surface area contributed by atoms with Crippen molar-refractivity contribution in [2.45, 2.75) is 11.8 Å². The van der Waals surface area contributed by atoms with Gasteiger partial charge in [0.1, 0.15) is 0 Å². The number of nitro groups is 1. The first-order valence-corrected chi connectivity index (χ1v) is 8.82. The first-order chi connectivity index (χ1) is 9.58. The van der Waals surface area contributed by atoms with Crippen LogP contribution in [0.2, 0.25) is 0 Å². The molecular weight excluding hydrogens is 324 g/mol. The Balaban J connectivity index is 3.12. The SMILES string of the molecule is CCN(CCS(=O)(=O)O)S(=O)(=O)c1cccc([N+](=O)[O-])c1. The number of sulfonamides is 1. The van der Waals surface area contributed by atoms with E-state index in [1.807, 2.05) is 0 Å². The molecule has 0 aliphatic rings. The molecule has 1 rings (SSSR count). The highest BCUT2D eigenvalue weighted by Crippen LogP contribution is 2.20. The van der Waals surface area contributed by atoms with Crippen LogP contribution >= 0.6 is 0 Å². The molecule has 9 nitrogen and oxygen atoms in total. The van der Waals surface area contributed by atoms with E-state index in [1.54, 1.807) is 0 Å². The Hall–Kier alpha value is -1.56. The molecule has 0 aliphatic carbocycles. The standard InChI is InChI=1S/C10H14N2O7S2/c1-2-11(6-7-20(15,16)17)21(18,19)10-5-3-4-9(8-10)12(13)14/h3-5,8H,2,6-7H2,1H3,(H,15,16,17). The van der Waals surface area contributed by atoms with Crippen LogP contribution < -0.4 is 0 Å². The van der Waals surface area contributed by atoms with Crippen LogP contribution in [0.1, 0.15) is 6.92 Å². The topological polar surface area (TPSA) is 135 Å². The summed E-state index contributed by atoms with van der Waals surface area (Å²) in [5.41, 5.74) is -0.387. The molecule has 0 fully saturated rings. The van der Waals surface area contributed by atoms with Gasteiger partial charge in [-0.3, -0.25) is 14.7 Å². The molecule has 0 spiro atoms. The van der Waals surface area contributed by atoms with Crippen LogP contribution in [0.25, 0.3) is 0 Å². The van der Waals surface area contributed by atoms with Gasteiger partial charge in [-0.05, 0) is 6.07 Å². The van der Waals surface area contributed by atoms with Crippen molar-refractivity contribution in [1.29, 1.82) is 0 Å². The molecule has 0 saturated heterocycles. The average Bonchev–Trinajstić information content (AvgIpc) is 2.38. The Morgan fingerprint density at radius 3 is 2.38 bits per heavy atom. The molecule has 1 aromatic rings. The maximum atomic E-state index is 12.3. The third kappa shape index (κ3) is 4.74. The summed E-state index contributed by atoms with van der Waals surface area (Å²) >= 11 is 0. The van der Waals surface area contributed by atoms with E-state index in [4.69, 9.17) is 4.55 Å². The molecule has 1 aromatic carbocycles. The van der Waals surface area contributed by atoms with Crippen molar-refractivity contribution in [3.63, 3.8) is 0 Å². The molecule has 118 valence electrons. The molecule has 0 aromatic heterocycles.